The summed E-state index contributed by atoms with van der Waals surface area (Å²) in [7, 11) is 0. The van der Waals surface area contributed by atoms with E-state index in [0.29, 0.717) is 11.3 Å². The minimum absolute atomic E-state index is 0.243. The third-order valence-corrected chi connectivity index (χ3v) is 3.82. The second-order valence-corrected chi connectivity index (χ2v) is 5.10. The predicted molar refractivity (Wildman–Crippen MR) is 72.0 cm³/mol. The van der Waals surface area contributed by atoms with Crippen molar-refractivity contribution >= 4 is 22.7 Å². The highest BCUT2D eigenvalue weighted by atomic mass is 32.2. The first-order valence-corrected chi connectivity index (χ1v) is 6.72. The Bertz CT molecular complexity index is 724. The summed E-state index contributed by atoms with van der Waals surface area (Å²) in [6.45, 7) is 0. The molecule has 5 heteroatoms. The number of thioether (sulfide) groups is 1. The minimum Gasteiger partial charge on any atom is -0.277 e. The van der Waals surface area contributed by atoms with Gasteiger partial charge in [-0.15, -0.1) is 0 Å². The van der Waals surface area contributed by atoms with Gasteiger partial charge < -0.3 is 0 Å². The second kappa shape index (κ2) is 5.01. The average molecular weight is 276 g/mol. The van der Waals surface area contributed by atoms with E-state index in [9.17, 15) is 8.78 Å². The number of halogens is 2. The standard InChI is InChI=1S/C14H10F2N2S/c15-10-3-1-2-9(6-10)8-19-14-12-5-4-11(16)7-13(12)17-18-14/h1-7H,8H2,(H,17,18). The third kappa shape index (κ3) is 2.61. The molecule has 1 heterocycles. The van der Waals surface area contributed by atoms with Gasteiger partial charge in [-0.1, -0.05) is 23.9 Å². The Morgan fingerprint density at radius 3 is 2.74 bits per heavy atom. The summed E-state index contributed by atoms with van der Waals surface area (Å²) >= 11 is 1.49. The fourth-order valence-electron chi connectivity index (χ4n) is 1.86. The van der Waals surface area contributed by atoms with Gasteiger partial charge in [-0.3, -0.25) is 5.10 Å². The van der Waals surface area contributed by atoms with Crippen LogP contribution in [0.4, 0.5) is 8.78 Å². The lowest BCUT2D eigenvalue weighted by Gasteiger charge is -2.00. The van der Waals surface area contributed by atoms with Crippen LogP contribution in [-0.4, -0.2) is 10.2 Å². The lowest BCUT2D eigenvalue weighted by Crippen LogP contribution is -1.83. The lowest BCUT2D eigenvalue weighted by atomic mass is 10.2. The van der Waals surface area contributed by atoms with E-state index in [4.69, 9.17) is 0 Å². The zero-order valence-electron chi connectivity index (χ0n) is 9.86. The SMILES string of the molecule is Fc1cccc(CSc2n[nH]c3cc(F)ccc23)c1. The van der Waals surface area contributed by atoms with Crippen molar-refractivity contribution in [1.29, 1.82) is 0 Å². The van der Waals surface area contributed by atoms with Gasteiger partial charge in [0.05, 0.1) is 5.52 Å². The van der Waals surface area contributed by atoms with Crippen molar-refractivity contribution in [2.24, 2.45) is 0 Å². The van der Waals surface area contributed by atoms with Crippen LogP contribution in [0.5, 0.6) is 0 Å². The van der Waals surface area contributed by atoms with Gasteiger partial charge >= 0.3 is 0 Å². The first kappa shape index (κ1) is 12.2. The molecule has 0 saturated heterocycles. The number of fused-ring (bicyclic) bond motifs is 1. The lowest BCUT2D eigenvalue weighted by molar-refractivity contribution is 0.626. The summed E-state index contributed by atoms with van der Waals surface area (Å²) in [5.41, 5.74) is 1.56. The van der Waals surface area contributed by atoms with Gasteiger partial charge in [-0.2, -0.15) is 5.10 Å². The van der Waals surface area contributed by atoms with E-state index in [0.717, 1.165) is 16.0 Å². The van der Waals surface area contributed by atoms with Gasteiger partial charge in [-0.25, -0.2) is 8.78 Å². The average Bonchev–Trinajstić information content (AvgIpc) is 2.78. The van der Waals surface area contributed by atoms with Gasteiger partial charge in [0.2, 0.25) is 0 Å². The molecule has 96 valence electrons. The van der Waals surface area contributed by atoms with Crippen LogP contribution < -0.4 is 0 Å². The topological polar surface area (TPSA) is 28.7 Å². The van der Waals surface area contributed by atoms with Crippen molar-refractivity contribution in [3.8, 4) is 0 Å². The van der Waals surface area contributed by atoms with Crippen LogP contribution in [0, 0.1) is 11.6 Å². The van der Waals surface area contributed by atoms with E-state index < -0.39 is 0 Å². The van der Waals surface area contributed by atoms with Crippen LogP contribution in [0.15, 0.2) is 47.5 Å². The van der Waals surface area contributed by atoms with Gasteiger partial charge in [0.1, 0.15) is 16.7 Å². The summed E-state index contributed by atoms with van der Waals surface area (Å²) in [6.07, 6.45) is 0. The molecular weight excluding hydrogens is 266 g/mol. The molecule has 0 unspecified atom stereocenters. The van der Waals surface area contributed by atoms with Crippen molar-refractivity contribution in [2.75, 3.05) is 0 Å². The monoisotopic (exact) mass is 276 g/mol. The predicted octanol–water partition coefficient (Wildman–Crippen LogP) is 4.13. The molecule has 0 saturated carbocycles. The molecule has 2 nitrogen and oxygen atoms in total. The molecule has 1 N–H and O–H groups in total. The molecule has 0 radical (unpaired) electrons. The Balaban J connectivity index is 1.82. The number of rotatable bonds is 3. The smallest absolute Gasteiger partial charge is 0.126 e. The zero-order chi connectivity index (χ0) is 13.2. The fourth-order valence-corrected chi connectivity index (χ4v) is 2.78. The van der Waals surface area contributed by atoms with E-state index >= 15 is 0 Å². The molecule has 19 heavy (non-hydrogen) atoms. The van der Waals surface area contributed by atoms with Crippen molar-refractivity contribution in [3.05, 3.63) is 59.7 Å². The second-order valence-electron chi connectivity index (χ2n) is 4.14. The first-order valence-electron chi connectivity index (χ1n) is 5.73. The van der Waals surface area contributed by atoms with Crippen LogP contribution in [0.3, 0.4) is 0 Å². The third-order valence-electron chi connectivity index (χ3n) is 2.75. The number of H-pyrrole nitrogens is 1. The quantitative estimate of drug-likeness (QED) is 0.728. The van der Waals surface area contributed by atoms with Crippen molar-refractivity contribution in [3.63, 3.8) is 0 Å². The Morgan fingerprint density at radius 1 is 1.05 bits per heavy atom. The van der Waals surface area contributed by atoms with Crippen LogP contribution in [0.25, 0.3) is 10.9 Å². The normalized spacial score (nSPS) is 11.1. The summed E-state index contributed by atoms with van der Waals surface area (Å²) in [5, 5.41) is 8.61. The molecule has 0 aliphatic carbocycles. The summed E-state index contributed by atoms with van der Waals surface area (Å²) in [5.74, 6) is 0.0830. The molecule has 0 amide bonds. The molecule has 1 aromatic heterocycles. The molecule has 3 aromatic rings. The number of aromatic amines is 1. The van der Waals surface area contributed by atoms with E-state index in [1.165, 1.54) is 36.0 Å². The van der Waals surface area contributed by atoms with Gasteiger partial charge in [0.25, 0.3) is 0 Å². The number of nitrogens with zero attached hydrogens (tertiary/aromatic N) is 1. The molecule has 0 aliphatic rings. The molecular formula is C14H10F2N2S. The number of hydrogen-bond acceptors (Lipinski definition) is 2. The van der Waals surface area contributed by atoms with Crippen molar-refractivity contribution in [1.82, 2.24) is 10.2 Å². The Kier molecular flexibility index (Phi) is 3.21. The maximum absolute atomic E-state index is 13.1. The van der Waals surface area contributed by atoms with E-state index in [1.807, 2.05) is 6.07 Å². The van der Waals surface area contributed by atoms with Gasteiger partial charge in [-0.05, 0) is 35.9 Å². The zero-order valence-corrected chi connectivity index (χ0v) is 10.7. The van der Waals surface area contributed by atoms with E-state index in [-0.39, 0.29) is 11.6 Å². The molecule has 3 rings (SSSR count). The Morgan fingerprint density at radius 2 is 1.89 bits per heavy atom. The highest BCUT2D eigenvalue weighted by molar-refractivity contribution is 7.98. The summed E-state index contributed by atoms with van der Waals surface area (Å²) in [4.78, 5) is 0. The first-order chi connectivity index (χ1) is 9.22. The Labute approximate surface area is 112 Å². The maximum Gasteiger partial charge on any atom is 0.126 e. The molecule has 0 spiro atoms. The maximum atomic E-state index is 13.1. The highest BCUT2D eigenvalue weighted by Gasteiger charge is 2.07. The summed E-state index contributed by atoms with van der Waals surface area (Å²) in [6, 6.07) is 11.0. The molecule has 0 bridgehead atoms. The van der Waals surface area contributed by atoms with Crippen LogP contribution >= 0.6 is 11.8 Å². The molecule has 0 fully saturated rings. The number of hydrogen-bond donors (Lipinski definition) is 1. The van der Waals surface area contributed by atoms with E-state index in [2.05, 4.69) is 10.2 Å². The number of aromatic nitrogens is 2. The fraction of sp³-hybridized carbons (Fsp3) is 0.0714. The van der Waals surface area contributed by atoms with E-state index in [1.54, 1.807) is 12.1 Å². The highest BCUT2D eigenvalue weighted by Crippen LogP contribution is 2.28. The van der Waals surface area contributed by atoms with Gasteiger partial charge in [0.15, 0.2) is 0 Å². The number of nitrogens with one attached hydrogen (secondary N) is 1. The van der Waals surface area contributed by atoms with Crippen molar-refractivity contribution < 1.29 is 8.78 Å². The van der Waals surface area contributed by atoms with Crippen molar-refractivity contribution in [2.45, 2.75) is 10.8 Å². The minimum atomic E-state index is -0.294. The number of benzene rings is 2. The molecule has 2 aromatic carbocycles. The van der Waals surface area contributed by atoms with Crippen LogP contribution in [0.1, 0.15) is 5.56 Å². The summed E-state index contributed by atoms with van der Waals surface area (Å²) < 4.78 is 26.1. The molecule has 0 atom stereocenters. The Hall–Kier alpha value is -1.88. The van der Waals surface area contributed by atoms with Gasteiger partial charge in [0, 0.05) is 11.1 Å². The van der Waals surface area contributed by atoms with Crippen LogP contribution in [0.2, 0.25) is 0 Å². The molecule has 0 aliphatic heterocycles. The largest absolute Gasteiger partial charge is 0.277 e. The van der Waals surface area contributed by atoms with Crippen LogP contribution in [-0.2, 0) is 5.75 Å².